The molecule has 4 aromatic rings. The fourth-order valence-corrected chi connectivity index (χ4v) is 4.11. The van der Waals surface area contributed by atoms with E-state index in [1.807, 2.05) is 24.3 Å². The van der Waals surface area contributed by atoms with E-state index in [4.69, 9.17) is 9.26 Å². The van der Waals surface area contributed by atoms with Crippen LogP contribution in [-0.4, -0.2) is 23.2 Å². The topological polar surface area (TPSA) is 80.1 Å². The minimum absolute atomic E-state index is 0.255. The van der Waals surface area contributed by atoms with Crippen LogP contribution in [0.4, 0.5) is 0 Å². The molecule has 0 unspecified atom stereocenters. The predicted molar refractivity (Wildman–Crippen MR) is 115 cm³/mol. The molecular weight excluding hydrogens is 378 g/mol. The number of aryl methyl sites for hydroxylation is 2. The molecule has 0 saturated carbocycles. The van der Waals surface area contributed by atoms with Crippen LogP contribution in [0.1, 0.15) is 40.2 Å². The molecule has 0 bridgehead atoms. The largest absolute Gasteiger partial charge is 0.497 e. The first-order valence-corrected chi connectivity index (χ1v) is 10.2. The van der Waals surface area contributed by atoms with Crippen molar-refractivity contribution in [1.29, 1.82) is 0 Å². The van der Waals surface area contributed by atoms with Crippen molar-refractivity contribution >= 4 is 16.8 Å². The van der Waals surface area contributed by atoms with E-state index in [0.717, 1.165) is 29.7 Å². The van der Waals surface area contributed by atoms with E-state index in [9.17, 15) is 4.79 Å². The molecule has 0 spiro atoms. The number of hydrogen-bond donors (Lipinski definition) is 2. The fraction of sp³-hybridized carbons (Fsp3) is 0.250. The van der Waals surface area contributed by atoms with Gasteiger partial charge in [-0.25, -0.2) is 0 Å². The Balaban J connectivity index is 1.28. The Hall–Kier alpha value is -3.54. The summed E-state index contributed by atoms with van der Waals surface area (Å²) in [5, 5.41) is 8.14. The first-order valence-electron chi connectivity index (χ1n) is 10.2. The molecule has 2 heterocycles. The second kappa shape index (κ2) is 7.71. The van der Waals surface area contributed by atoms with Crippen molar-refractivity contribution in [1.82, 2.24) is 15.5 Å². The molecule has 1 aliphatic carbocycles. The zero-order valence-electron chi connectivity index (χ0n) is 16.8. The second-order valence-corrected chi connectivity index (χ2v) is 7.66. The van der Waals surface area contributed by atoms with Gasteiger partial charge >= 0.3 is 0 Å². The van der Waals surface area contributed by atoms with Crippen molar-refractivity contribution in [2.75, 3.05) is 7.11 Å². The van der Waals surface area contributed by atoms with Crippen LogP contribution in [0.3, 0.4) is 0 Å². The standard InChI is InChI=1S/C24H23N3O3/c1-29-17-9-7-16(8-10-17)23-13-22(27-30-23)24(28)25-14-15-6-11-21-19(12-15)18-4-2-3-5-20(18)26-21/h6-13,26H,2-5,14H2,1H3,(H,25,28). The lowest BCUT2D eigenvalue weighted by Gasteiger charge is -2.10. The summed E-state index contributed by atoms with van der Waals surface area (Å²) in [6, 6.07) is 15.4. The number of nitrogens with zero attached hydrogens (tertiary/aromatic N) is 1. The van der Waals surface area contributed by atoms with Crippen LogP contribution in [0, 0.1) is 0 Å². The molecule has 30 heavy (non-hydrogen) atoms. The van der Waals surface area contributed by atoms with Crippen LogP contribution in [0.2, 0.25) is 0 Å². The summed E-state index contributed by atoms with van der Waals surface area (Å²) in [4.78, 5) is 16.1. The minimum atomic E-state index is -0.255. The second-order valence-electron chi connectivity index (χ2n) is 7.66. The molecule has 0 saturated heterocycles. The number of fused-ring (bicyclic) bond motifs is 3. The number of ether oxygens (including phenoxy) is 1. The van der Waals surface area contributed by atoms with Crippen LogP contribution >= 0.6 is 0 Å². The lowest BCUT2D eigenvalue weighted by Crippen LogP contribution is -2.23. The molecule has 1 aliphatic rings. The number of rotatable bonds is 5. The Labute approximate surface area is 174 Å². The molecule has 0 atom stereocenters. The summed E-state index contributed by atoms with van der Waals surface area (Å²) < 4.78 is 10.5. The van der Waals surface area contributed by atoms with E-state index >= 15 is 0 Å². The molecular formula is C24H23N3O3. The van der Waals surface area contributed by atoms with E-state index in [-0.39, 0.29) is 11.6 Å². The third kappa shape index (κ3) is 3.45. The summed E-state index contributed by atoms with van der Waals surface area (Å²) in [5.41, 5.74) is 6.15. The lowest BCUT2D eigenvalue weighted by atomic mass is 9.95. The van der Waals surface area contributed by atoms with Crippen LogP contribution in [0.15, 0.2) is 53.1 Å². The van der Waals surface area contributed by atoms with Gasteiger partial charge in [0, 0.05) is 34.8 Å². The Bertz CT molecular complexity index is 1200. The summed E-state index contributed by atoms with van der Waals surface area (Å²) >= 11 is 0. The Kier molecular flexibility index (Phi) is 4.75. The normalized spacial score (nSPS) is 13.2. The summed E-state index contributed by atoms with van der Waals surface area (Å²) in [6.07, 6.45) is 4.74. The van der Waals surface area contributed by atoms with Gasteiger partial charge in [-0.2, -0.15) is 0 Å². The third-order valence-electron chi connectivity index (χ3n) is 5.73. The number of carbonyl (C=O) groups excluding carboxylic acids is 1. The molecule has 6 nitrogen and oxygen atoms in total. The monoisotopic (exact) mass is 401 g/mol. The SMILES string of the molecule is COc1ccc(-c2cc(C(=O)NCc3ccc4[nH]c5c(c4c3)CCCC5)no2)cc1. The number of aromatic amines is 1. The molecule has 0 fully saturated rings. The highest BCUT2D eigenvalue weighted by molar-refractivity contribution is 5.93. The van der Waals surface area contributed by atoms with Crippen LogP contribution < -0.4 is 10.1 Å². The smallest absolute Gasteiger partial charge is 0.273 e. The maximum atomic E-state index is 12.5. The fourth-order valence-electron chi connectivity index (χ4n) is 4.11. The van der Waals surface area contributed by atoms with Crippen LogP contribution in [0.25, 0.3) is 22.2 Å². The zero-order chi connectivity index (χ0) is 20.5. The van der Waals surface area contributed by atoms with Crippen molar-refractivity contribution in [3.8, 4) is 17.1 Å². The highest BCUT2D eigenvalue weighted by Gasteiger charge is 2.16. The molecule has 5 rings (SSSR count). The third-order valence-corrected chi connectivity index (χ3v) is 5.73. The van der Waals surface area contributed by atoms with Gasteiger partial charge in [-0.15, -0.1) is 0 Å². The van der Waals surface area contributed by atoms with Gasteiger partial charge in [0.1, 0.15) is 5.75 Å². The van der Waals surface area contributed by atoms with Gasteiger partial charge in [-0.3, -0.25) is 4.79 Å². The van der Waals surface area contributed by atoms with Gasteiger partial charge in [-0.1, -0.05) is 11.2 Å². The molecule has 2 aromatic carbocycles. The Morgan fingerprint density at radius 3 is 2.80 bits per heavy atom. The Morgan fingerprint density at radius 1 is 1.13 bits per heavy atom. The number of methoxy groups -OCH3 is 1. The van der Waals surface area contributed by atoms with E-state index in [1.165, 1.54) is 35.0 Å². The van der Waals surface area contributed by atoms with Gasteiger partial charge in [0.2, 0.25) is 0 Å². The van der Waals surface area contributed by atoms with Crippen molar-refractivity contribution in [3.05, 3.63) is 71.0 Å². The van der Waals surface area contributed by atoms with Crippen molar-refractivity contribution in [2.24, 2.45) is 0 Å². The first-order chi connectivity index (χ1) is 14.7. The van der Waals surface area contributed by atoms with Gasteiger partial charge in [0.25, 0.3) is 5.91 Å². The van der Waals surface area contributed by atoms with Crippen molar-refractivity contribution in [3.63, 3.8) is 0 Å². The maximum absolute atomic E-state index is 12.5. The Morgan fingerprint density at radius 2 is 1.97 bits per heavy atom. The molecule has 152 valence electrons. The van der Waals surface area contributed by atoms with Crippen molar-refractivity contribution in [2.45, 2.75) is 32.2 Å². The van der Waals surface area contributed by atoms with E-state index in [0.29, 0.717) is 12.3 Å². The molecule has 1 amide bonds. The number of benzene rings is 2. The maximum Gasteiger partial charge on any atom is 0.273 e. The van der Waals surface area contributed by atoms with Crippen LogP contribution in [0.5, 0.6) is 5.75 Å². The molecule has 2 N–H and O–H groups in total. The van der Waals surface area contributed by atoms with E-state index < -0.39 is 0 Å². The predicted octanol–water partition coefficient (Wildman–Crippen LogP) is 4.64. The molecule has 2 aromatic heterocycles. The quantitative estimate of drug-likeness (QED) is 0.511. The molecule has 0 aliphatic heterocycles. The van der Waals surface area contributed by atoms with Gasteiger partial charge < -0.3 is 19.6 Å². The number of amides is 1. The van der Waals surface area contributed by atoms with E-state index in [2.05, 4.69) is 33.7 Å². The molecule has 0 radical (unpaired) electrons. The minimum Gasteiger partial charge on any atom is -0.497 e. The lowest BCUT2D eigenvalue weighted by molar-refractivity contribution is 0.0942. The van der Waals surface area contributed by atoms with Crippen molar-refractivity contribution < 1.29 is 14.1 Å². The molecule has 6 heteroatoms. The van der Waals surface area contributed by atoms with Crippen LogP contribution in [-0.2, 0) is 19.4 Å². The summed E-state index contributed by atoms with van der Waals surface area (Å²) in [5.74, 6) is 1.05. The van der Waals surface area contributed by atoms with Gasteiger partial charge in [0.15, 0.2) is 11.5 Å². The first kappa shape index (κ1) is 18.5. The number of hydrogen-bond acceptors (Lipinski definition) is 4. The number of H-pyrrole nitrogens is 1. The highest BCUT2D eigenvalue weighted by Crippen LogP contribution is 2.29. The van der Waals surface area contributed by atoms with Gasteiger partial charge in [0.05, 0.1) is 7.11 Å². The number of nitrogens with one attached hydrogen (secondary N) is 2. The average molecular weight is 401 g/mol. The zero-order valence-corrected chi connectivity index (χ0v) is 16.8. The van der Waals surface area contributed by atoms with E-state index in [1.54, 1.807) is 13.2 Å². The van der Waals surface area contributed by atoms with Gasteiger partial charge in [-0.05, 0) is 73.2 Å². The number of carbonyl (C=O) groups is 1. The average Bonchev–Trinajstić information content (AvgIpc) is 3.42. The summed E-state index contributed by atoms with van der Waals surface area (Å²) in [7, 11) is 1.62. The highest BCUT2D eigenvalue weighted by atomic mass is 16.5. The number of aromatic nitrogens is 2. The summed E-state index contributed by atoms with van der Waals surface area (Å²) in [6.45, 7) is 0.444.